The molecular formula is C20H27N2O3+. The molecule has 134 valence electrons. The normalized spacial score (nSPS) is 11.7. The van der Waals surface area contributed by atoms with Crippen molar-refractivity contribution in [2.45, 2.75) is 20.4 Å². The molecule has 0 aliphatic rings. The molecule has 1 amide bonds. The first-order valence-electron chi connectivity index (χ1n) is 8.33. The molecule has 0 bridgehead atoms. The Hall–Kier alpha value is -2.53. The number of hydrogen-bond acceptors (Lipinski definition) is 3. The van der Waals surface area contributed by atoms with Gasteiger partial charge < -0.3 is 19.7 Å². The molecule has 0 fully saturated rings. The van der Waals surface area contributed by atoms with Crippen molar-refractivity contribution < 1.29 is 19.2 Å². The minimum absolute atomic E-state index is 0.0115. The van der Waals surface area contributed by atoms with Gasteiger partial charge >= 0.3 is 0 Å². The maximum atomic E-state index is 12.3. The van der Waals surface area contributed by atoms with Crippen molar-refractivity contribution in [1.29, 1.82) is 0 Å². The van der Waals surface area contributed by atoms with Crippen molar-refractivity contribution in [2.75, 3.05) is 33.1 Å². The van der Waals surface area contributed by atoms with Crippen molar-refractivity contribution in [3.8, 4) is 11.5 Å². The number of methoxy groups -OCH3 is 2. The number of carbonyl (C=O) groups excluding carboxylic acids is 1. The summed E-state index contributed by atoms with van der Waals surface area (Å²) in [6.45, 7) is 5.13. The smallest absolute Gasteiger partial charge is 0.279 e. The zero-order chi connectivity index (χ0) is 18.4. The Kier molecular flexibility index (Phi) is 6.42. The number of aryl methyl sites for hydroxylation is 2. The summed E-state index contributed by atoms with van der Waals surface area (Å²) in [6.07, 6.45) is 0. The average molecular weight is 343 g/mol. The zero-order valence-corrected chi connectivity index (χ0v) is 15.6. The average Bonchev–Trinajstić information content (AvgIpc) is 2.57. The first-order chi connectivity index (χ1) is 11.9. The monoisotopic (exact) mass is 343 g/mol. The summed E-state index contributed by atoms with van der Waals surface area (Å²) >= 11 is 0. The molecule has 0 saturated heterocycles. The fourth-order valence-corrected chi connectivity index (χ4v) is 2.78. The molecule has 0 aliphatic heterocycles. The van der Waals surface area contributed by atoms with Crippen LogP contribution in [0.5, 0.6) is 11.5 Å². The highest BCUT2D eigenvalue weighted by molar-refractivity contribution is 5.91. The third-order valence-corrected chi connectivity index (χ3v) is 4.23. The molecule has 5 heteroatoms. The van der Waals surface area contributed by atoms with E-state index in [1.54, 1.807) is 14.2 Å². The molecule has 2 rings (SSSR count). The van der Waals surface area contributed by atoms with E-state index < -0.39 is 0 Å². The van der Waals surface area contributed by atoms with Crippen LogP contribution < -0.4 is 19.7 Å². The molecule has 1 atom stereocenters. The molecule has 25 heavy (non-hydrogen) atoms. The lowest BCUT2D eigenvalue weighted by Gasteiger charge is -2.17. The number of carbonyl (C=O) groups is 1. The molecule has 5 nitrogen and oxygen atoms in total. The van der Waals surface area contributed by atoms with Gasteiger partial charge in [0, 0.05) is 5.69 Å². The molecule has 2 N–H and O–H groups in total. The van der Waals surface area contributed by atoms with Gasteiger partial charge in [0.15, 0.2) is 18.0 Å². The number of likely N-dealkylation sites (N-methyl/N-ethyl adjacent to an activating group) is 1. The summed E-state index contributed by atoms with van der Waals surface area (Å²) in [7, 11) is 5.23. The Balaban J connectivity index is 1.99. The number of benzene rings is 2. The number of nitrogens with one attached hydrogen (secondary N) is 2. The van der Waals surface area contributed by atoms with Crippen LogP contribution in [0.3, 0.4) is 0 Å². The third kappa shape index (κ3) is 4.97. The molecule has 2 aromatic rings. The highest BCUT2D eigenvalue weighted by atomic mass is 16.5. The van der Waals surface area contributed by atoms with Gasteiger partial charge in [0.25, 0.3) is 5.91 Å². The summed E-state index contributed by atoms with van der Waals surface area (Å²) in [6, 6.07) is 11.7. The molecule has 0 aromatic heterocycles. The fraction of sp³-hybridized carbons (Fsp3) is 0.350. The van der Waals surface area contributed by atoms with Crippen molar-refractivity contribution in [3.05, 3.63) is 53.1 Å². The molecule has 0 heterocycles. The van der Waals surface area contributed by atoms with Crippen LogP contribution in [0.2, 0.25) is 0 Å². The van der Waals surface area contributed by atoms with Gasteiger partial charge in [-0.05, 0) is 49.2 Å². The molecule has 1 unspecified atom stereocenters. The van der Waals surface area contributed by atoms with E-state index in [9.17, 15) is 4.79 Å². The molecule has 0 saturated carbocycles. The Bertz CT molecular complexity index is 744. The van der Waals surface area contributed by atoms with Crippen molar-refractivity contribution >= 4 is 11.6 Å². The van der Waals surface area contributed by atoms with E-state index >= 15 is 0 Å². The van der Waals surface area contributed by atoms with E-state index in [0.29, 0.717) is 18.8 Å². The largest absolute Gasteiger partial charge is 0.493 e. The topological polar surface area (TPSA) is 52.0 Å². The van der Waals surface area contributed by atoms with Crippen molar-refractivity contribution in [2.24, 2.45) is 0 Å². The van der Waals surface area contributed by atoms with Gasteiger partial charge in [-0.3, -0.25) is 4.79 Å². The van der Waals surface area contributed by atoms with Crippen LogP contribution in [0, 0.1) is 13.8 Å². The van der Waals surface area contributed by atoms with Crippen molar-refractivity contribution in [3.63, 3.8) is 0 Å². The third-order valence-electron chi connectivity index (χ3n) is 4.23. The predicted molar refractivity (Wildman–Crippen MR) is 99.5 cm³/mol. The number of amides is 1. The lowest BCUT2D eigenvalue weighted by atomic mass is 10.1. The van der Waals surface area contributed by atoms with Crippen LogP contribution >= 0.6 is 0 Å². The van der Waals surface area contributed by atoms with Crippen LogP contribution in [0.25, 0.3) is 0 Å². The summed E-state index contributed by atoms with van der Waals surface area (Å²) in [5.41, 5.74) is 4.23. The first kappa shape index (κ1) is 18.8. The lowest BCUT2D eigenvalue weighted by Crippen LogP contribution is -3.08. The second kappa shape index (κ2) is 8.53. The van der Waals surface area contributed by atoms with E-state index in [4.69, 9.17) is 9.47 Å². The lowest BCUT2D eigenvalue weighted by molar-refractivity contribution is -0.885. The van der Waals surface area contributed by atoms with E-state index in [0.717, 1.165) is 21.9 Å². The van der Waals surface area contributed by atoms with Crippen LogP contribution in [0.1, 0.15) is 16.7 Å². The van der Waals surface area contributed by atoms with Gasteiger partial charge in [-0.2, -0.15) is 0 Å². The maximum absolute atomic E-state index is 12.3. The Morgan fingerprint density at radius 2 is 1.84 bits per heavy atom. The van der Waals surface area contributed by atoms with Crippen LogP contribution in [-0.4, -0.2) is 33.7 Å². The van der Waals surface area contributed by atoms with Gasteiger partial charge in [-0.15, -0.1) is 0 Å². The summed E-state index contributed by atoms with van der Waals surface area (Å²) in [5, 5.41) is 2.96. The Morgan fingerprint density at radius 1 is 1.08 bits per heavy atom. The van der Waals surface area contributed by atoms with E-state index in [2.05, 4.69) is 12.2 Å². The number of hydrogen-bond donors (Lipinski definition) is 2. The summed E-state index contributed by atoms with van der Waals surface area (Å²) in [5.74, 6) is 1.41. The van der Waals surface area contributed by atoms with E-state index in [1.165, 1.54) is 11.1 Å². The van der Waals surface area contributed by atoms with Gasteiger partial charge in [0.1, 0.15) is 6.54 Å². The quantitative estimate of drug-likeness (QED) is 0.808. The van der Waals surface area contributed by atoms with Gasteiger partial charge in [-0.25, -0.2) is 0 Å². The highest BCUT2D eigenvalue weighted by Gasteiger charge is 2.16. The predicted octanol–water partition coefficient (Wildman–Crippen LogP) is 1.97. The van der Waals surface area contributed by atoms with E-state index in [1.807, 2.05) is 50.4 Å². The van der Waals surface area contributed by atoms with Crippen molar-refractivity contribution in [1.82, 2.24) is 0 Å². The highest BCUT2D eigenvalue weighted by Crippen LogP contribution is 2.30. The SMILES string of the molecule is COc1cccc(C[NH+](C)CC(=O)Nc2ccc(C)c(C)c2)c1OC. The Morgan fingerprint density at radius 3 is 2.48 bits per heavy atom. The zero-order valence-electron chi connectivity index (χ0n) is 15.6. The summed E-state index contributed by atoms with van der Waals surface area (Å²) in [4.78, 5) is 13.4. The van der Waals surface area contributed by atoms with Crippen LogP contribution in [0.15, 0.2) is 36.4 Å². The van der Waals surface area contributed by atoms with E-state index in [-0.39, 0.29) is 5.91 Å². The molecule has 2 aromatic carbocycles. The molecule has 0 spiro atoms. The second-order valence-corrected chi connectivity index (χ2v) is 6.31. The first-order valence-corrected chi connectivity index (χ1v) is 8.33. The van der Waals surface area contributed by atoms with Crippen LogP contribution in [-0.2, 0) is 11.3 Å². The maximum Gasteiger partial charge on any atom is 0.279 e. The van der Waals surface area contributed by atoms with Gasteiger partial charge in [-0.1, -0.05) is 12.1 Å². The van der Waals surface area contributed by atoms with Gasteiger partial charge in [0.05, 0.1) is 26.8 Å². The number of quaternary nitrogens is 1. The fourth-order valence-electron chi connectivity index (χ4n) is 2.78. The number of rotatable bonds is 7. The van der Waals surface area contributed by atoms with Crippen LogP contribution in [0.4, 0.5) is 5.69 Å². The molecule has 0 aliphatic carbocycles. The standard InChI is InChI=1S/C20H26N2O3/c1-14-9-10-17(11-15(14)2)21-19(23)13-22(3)12-16-7-6-8-18(24-4)20(16)25-5/h6-11H,12-13H2,1-5H3,(H,21,23)/p+1. The number of ether oxygens (including phenoxy) is 2. The second-order valence-electron chi connectivity index (χ2n) is 6.31. The minimum atomic E-state index is -0.0115. The Labute approximate surface area is 149 Å². The molecule has 0 radical (unpaired) electrons. The minimum Gasteiger partial charge on any atom is -0.493 e. The number of anilines is 1. The number of para-hydroxylation sites is 1. The molecular weight excluding hydrogens is 316 g/mol. The summed E-state index contributed by atoms with van der Waals surface area (Å²) < 4.78 is 10.8. The van der Waals surface area contributed by atoms with Gasteiger partial charge in [0.2, 0.25) is 0 Å².